The number of esters is 1. The van der Waals surface area contributed by atoms with E-state index in [0.29, 0.717) is 35.2 Å². The summed E-state index contributed by atoms with van der Waals surface area (Å²) in [5.41, 5.74) is 2.82. The predicted molar refractivity (Wildman–Crippen MR) is 123 cm³/mol. The molecule has 0 atom stereocenters. The van der Waals surface area contributed by atoms with Gasteiger partial charge in [0.05, 0.1) is 35.1 Å². The van der Waals surface area contributed by atoms with Crippen LogP contribution in [0.3, 0.4) is 0 Å². The maximum absolute atomic E-state index is 13.0. The Morgan fingerprint density at radius 3 is 2.52 bits per heavy atom. The van der Waals surface area contributed by atoms with Gasteiger partial charge in [0, 0.05) is 18.7 Å². The Labute approximate surface area is 197 Å². The van der Waals surface area contributed by atoms with Gasteiger partial charge in [0.25, 0.3) is 0 Å². The Balaban J connectivity index is 1.54. The first-order valence-corrected chi connectivity index (χ1v) is 12.3. The van der Waals surface area contributed by atoms with E-state index in [1.165, 1.54) is 16.4 Å². The summed E-state index contributed by atoms with van der Waals surface area (Å²) in [6.07, 6.45) is 0. The molecule has 0 spiro atoms. The van der Waals surface area contributed by atoms with Gasteiger partial charge < -0.3 is 9.47 Å². The first-order chi connectivity index (χ1) is 15.8. The van der Waals surface area contributed by atoms with Crippen LogP contribution in [0.1, 0.15) is 27.2 Å². The number of carbonyl (C=O) groups is 1. The Morgan fingerprint density at radius 2 is 1.82 bits per heavy atom. The van der Waals surface area contributed by atoms with Crippen LogP contribution in [0.15, 0.2) is 53.4 Å². The number of rotatable bonds is 6. The zero-order valence-electron chi connectivity index (χ0n) is 18.3. The molecule has 1 saturated heterocycles. The van der Waals surface area contributed by atoms with Crippen LogP contribution in [0, 0.1) is 13.8 Å². The molecule has 1 aliphatic heterocycles. The van der Waals surface area contributed by atoms with Gasteiger partial charge in [-0.1, -0.05) is 35.9 Å². The molecule has 0 saturated carbocycles. The van der Waals surface area contributed by atoms with E-state index < -0.39 is 16.0 Å². The van der Waals surface area contributed by atoms with E-state index in [2.05, 4.69) is 5.10 Å². The highest BCUT2D eigenvalue weighted by Crippen LogP contribution is 2.26. The normalized spacial score (nSPS) is 14.9. The molecule has 0 N–H and O–H groups in total. The minimum absolute atomic E-state index is 0.0491. The van der Waals surface area contributed by atoms with Gasteiger partial charge in [-0.25, -0.2) is 17.9 Å². The summed E-state index contributed by atoms with van der Waals surface area (Å²) >= 11 is 6.51. The topological polar surface area (TPSA) is 90.7 Å². The monoisotopic (exact) mass is 489 g/mol. The summed E-state index contributed by atoms with van der Waals surface area (Å²) in [6, 6.07) is 13.9. The number of hydrogen-bond donors (Lipinski definition) is 0. The number of aromatic nitrogens is 2. The van der Waals surface area contributed by atoms with Crippen LogP contribution in [0.2, 0.25) is 5.15 Å². The number of aryl methyl sites for hydroxylation is 2. The Morgan fingerprint density at radius 1 is 1.12 bits per heavy atom. The minimum atomic E-state index is -3.73. The second kappa shape index (κ2) is 9.64. The van der Waals surface area contributed by atoms with Gasteiger partial charge in [0.15, 0.2) is 0 Å². The Hall–Kier alpha value is -2.72. The fourth-order valence-corrected chi connectivity index (χ4v) is 5.33. The lowest BCUT2D eigenvalue weighted by Crippen LogP contribution is -2.40. The second-order valence-electron chi connectivity index (χ2n) is 7.67. The summed E-state index contributed by atoms with van der Waals surface area (Å²) in [7, 11) is -3.73. The Kier molecular flexibility index (Phi) is 6.85. The van der Waals surface area contributed by atoms with Crippen LogP contribution in [0.4, 0.5) is 0 Å². The van der Waals surface area contributed by atoms with Gasteiger partial charge in [-0.15, -0.1) is 0 Å². The first kappa shape index (κ1) is 23.4. The lowest BCUT2D eigenvalue weighted by Gasteiger charge is -2.26. The number of hydrogen-bond acceptors (Lipinski definition) is 6. The lowest BCUT2D eigenvalue weighted by atomic mass is 10.1. The number of halogens is 1. The SMILES string of the molecule is Cc1ccc(S(=O)(=O)N2CCOCC2)cc1C(=O)OCc1c(C)nn(-c2ccccc2)c1Cl. The van der Waals surface area contributed by atoms with Crippen molar-refractivity contribution in [2.24, 2.45) is 0 Å². The molecule has 3 aromatic rings. The van der Waals surface area contributed by atoms with Crippen molar-refractivity contribution in [2.75, 3.05) is 26.3 Å². The highest BCUT2D eigenvalue weighted by atomic mass is 35.5. The van der Waals surface area contributed by atoms with Crippen LogP contribution in [0.25, 0.3) is 5.69 Å². The number of sulfonamides is 1. The largest absolute Gasteiger partial charge is 0.457 e. The summed E-state index contributed by atoms with van der Waals surface area (Å²) in [5.74, 6) is -0.630. The maximum atomic E-state index is 13.0. The van der Waals surface area contributed by atoms with Crippen LogP contribution in [-0.2, 0) is 26.1 Å². The van der Waals surface area contributed by atoms with E-state index in [9.17, 15) is 13.2 Å². The molecule has 10 heteroatoms. The highest BCUT2D eigenvalue weighted by molar-refractivity contribution is 7.89. The van der Waals surface area contributed by atoms with Crippen LogP contribution in [0.5, 0.6) is 0 Å². The summed E-state index contributed by atoms with van der Waals surface area (Å²) in [5, 5.41) is 4.80. The summed E-state index contributed by atoms with van der Waals surface area (Å²) in [6.45, 7) is 4.67. The zero-order valence-corrected chi connectivity index (χ0v) is 19.9. The fraction of sp³-hybridized carbons (Fsp3) is 0.304. The molecular weight excluding hydrogens is 466 g/mol. The molecule has 0 radical (unpaired) electrons. The number of ether oxygens (including phenoxy) is 2. The molecule has 0 aliphatic carbocycles. The van der Waals surface area contributed by atoms with Gasteiger partial charge in [-0.2, -0.15) is 9.40 Å². The molecule has 1 aromatic heterocycles. The summed E-state index contributed by atoms with van der Waals surface area (Å²) in [4.78, 5) is 12.9. The van der Waals surface area contributed by atoms with Crippen molar-refractivity contribution in [3.63, 3.8) is 0 Å². The molecule has 0 bridgehead atoms. The van der Waals surface area contributed by atoms with Crippen molar-refractivity contribution in [1.82, 2.24) is 14.1 Å². The lowest BCUT2D eigenvalue weighted by molar-refractivity contribution is 0.0471. The third-order valence-electron chi connectivity index (χ3n) is 5.51. The minimum Gasteiger partial charge on any atom is -0.457 e. The molecule has 0 unspecified atom stereocenters. The smallest absolute Gasteiger partial charge is 0.338 e. The number of nitrogens with zero attached hydrogens (tertiary/aromatic N) is 3. The number of carbonyl (C=O) groups excluding carboxylic acids is 1. The average Bonchev–Trinajstić information content (AvgIpc) is 3.12. The average molecular weight is 490 g/mol. The van der Waals surface area contributed by atoms with Crippen LogP contribution in [-0.4, -0.2) is 54.8 Å². The zero-order chi connectivity index (χ0) is 23.6. The maximum Gasteiger partial charge on any atom is 0.338 e. The number of benzene rings is 2. The summed E-state index contributed by atoms with van der Waals surface area (Å²) < 4.78 is 39.6. The molecule has 174 valence electrons. The van der Waals surface area contributed by atoms with E-state index in [4.69, 9.17) is 21.1 Å². The van der Waals surface area contributed by atoms with E-state index in [1.807, 2.05) is 30.3 Å². The van der Waals surface area contributed by atoms with Gasteiger partial charge in [-0.3, -0.25) is 0 Å². The molecule has 33 heavy (non-hydrogen) atoms. The van der Waals surface area contributed by atoms with E-state index in [0.717, 1.165) is 5.69 Å². The van der Waals surface area contributed by atoms with Gasteiger partial charge in [-0.05, 0) is 43.7 Å². The third kappa shape index (κ3) is 4.81. The van der Waals surface area contributed by atoms with Crippen molar-refractivity contribution in [3.05, 3.63) is 76.1 Å². The molecule has 1 fully saturated rings. The van der Waals surface area contributed by atoms with E-state index in [1.54, 1.807) is 24.6 Å². The molecule has 2 heterocycles. The molecule has 0 amide bonds. The van der Waals surface area contributed by atoms with Gasteiger partial charge >= 0.3 is 5.97 Å². The van der Waals surface area contributed by atoms with Crippen molar-refractivity contribution >= 4 is 27.6 Å². The van der Waals surface area contributed by atoms with Crippen molar-refractivity contribution < 1.29 is 22.7 Å². The third-order valence-corrected chi connectivity index (χ3v) is 7.79. The van der Waals surface area contributed by atoms with Gasteiger partial charge in [0.2, 0.25) is 10.0 Å². The van der Waals surface area contributed by atoms with Gasteiger partial charge in [0.1, 0.15) is 11.8 Å². The second-order valence-corrected chi connectivity index (χ2v) is 9.97. The van der Waals surface area contributed by atoms with Crippen LogP contribution < -0.4 is 0 Å². The first-order valence-electron chi connectivity index (χ1n) is 10.4. The number of morpholine rings is 1. The van der Waals surface area contributed by atoms with Crippen molar-refractivity contribution in [1.29, 1.82) is 0 Å². The van der Waals surface area contributed by atoms with Crippen molar-refractivity contribution in [3.8, 4) is 5.69 Å². The Bertz CT molecular complexity index is 1270. The van der Waals surface area contributed by atoms with E-state index in [-0.39, 0.29) is 30.2 Å². The fourth-order valence-electron chi connectivity index (χ4n) is 3.57. The van der Waals surface area contributed by atoms with Crippen molar-refractivity contribution in [2.45, 2.75) is 25.3 Å². The molecule has 4 rings (SSSR count). The number of para-hydroxylation sites is 1. The molecule has 8 nitrogen and oxygen atoms in total. The highest BCUT2D eigenvalue weighted by Gasteiger charge is 2.28. The molecular formula is C23H24ClN3O5S. The van der Waals surface area contributed by atoms with E-state index >= 15 is 0 Å². The molecule has 1 aliphatic rings. The quantitative estimate of drug-likeness (QED) is 0.492. The standard InChI is InChI=1S/C23H24ClN3O5S/c1-16-8-9-19(33(29,30)26-10-12-31-13-11-26)14-20(16)23(28)32-15-21-17(2)25-27(22(21)24)18-6-4-3-5-7-18/h3-9,14H,10-13,15H2,1-2H3. The molecule has 2 aromatic carbocycles. The predicted octanol–water partition coefficient (Wildman–Crippen LogP) is 3.52. The van der Waals surface area contributed by atoms with Crippen LogP contribution >= 0.6 is 11.6 Å².